The third-order valence-corrected chi connectivity index (χ3v) is 4.48. The summed E-state index contributed by atoms with van der Waals surface area (Å²) in [6, 6.07) is 0.745. The molecule has 1 saturated heterocycles. The Morgan fingerprint density at radius 3 is 2.71 bits per heavy atom. The molecule has 0 amide bonds. The van der Waals surface area contributed by atoms with Gasteiger partial charge in [-0.25, -0.2) is 0 Å². The second-order valence-electron chi connectivity index (χ2n) is 6.03. The van der Waals surface area contributed by atoms with Crippen LogP contribution in [-0.4, -0.2) is 37.6 Å². The van der Waals surface area contributed by atoms with Gasteiger partial charge >= 0.3 is 0 Å². The Morgan fingerprint density at radius 1 is 1.18 bits per heavy atom. The Morgan fingerprint density at radius 2 is 2.00 bits per heavy atom. The first kappa shape index (κ1) is 15.3. The molecule has 0 spiro atoms. The summed E-state index contributed by atoms with van der Waals surface area (Å²) in [7, 11) is 2.11. The van der Waals surface area contributed by atoms with Crippen LogP contribution in [0.2, 0.25) is 0 Å². The molecule has 1 aliphatic carbocycles. The van der Waals surface area contributed by atoms with Gasteiger partial charge in [0.05, 0.1) is 0 Å². The first-order valence-corrected chi connectivity index (χ1v) is 7.17. The molecule has 2 nitrogen and oxygen atoms in total. The topological polar surface area (TPSA) is 15.3 Å². The molecule has 3 unspecified atom stereocenters. The normalized spacial score (nSPS) is 35.3. The number of hydrogen-bond acceptors (Lipinski definition) is 2. The minimum Gasteiger partial charge on any atom is -0.316 e. The molecule has 0 aromatic rings. The summed E-state index contributed by atoms with van der Waals surface area (Å²) in [5.41, 5.74) is 0. The van der Waals surface area contributed by atoms with Gasteiger partial charge < -0.3 is 10.2 Å². The molecule has 2 fully saturated rings. The fourth-order valence-electron chi connectivity index (χ4n) is 3.55. The first-order valence-electron chi connectivity index (χ1n) is 7.17. The second kappa shape index (κ2) is 7.60. The van der Waals surface area contributed by atoms with Crippen molar-refractivity contribution in [1.29, 1.82) is 0 Å². The number of nitrogens with one attached hydrogen (secondary N) is 1. The van der Waals surface area contributed by atoms with Crippen molar-refractivity contribution in [3.8, 4) is 0 Å². The van der Waals surface area contributed by atoms with E-state index in [9.17, 15) is 0 Å². The van der Waals surface area contributed by atoms with Crippen molar-refractivity contribution in [2.75, 3.05) is 26.7 Å². The Balaban J connectivity index is 0.00000144. The molecular weight excluding hydrogens is 232 g/mol. The zero-order valence-electron chi connectivity index (χ0n) is 11.5. The zero-order chi connectivity index (χ0) is 11.4. The van der Waals surface area contributed by atoms with Gasteiger partial charge in [0.25, 0.3) is 0 Å². The molecule has 17 heavy (non-hydrogen) atoms. The van der Waals surface area contributed by atoms with Gasteiger partial charge in [-0.3, -0.25) is 0 Å². The van der Waals surface area contributed by atoms with Crippen LogP contribution in [-0.2, 0) is 0 Å². The highest BCUT2D eigenvalue weighted by molar-refractivity contribution is 5.85. The van der Waals surface area contributed by atoms with Crippen LogP contribution >= 0.6 is 12.4 Å². The molecule has 1 saturated carbocycles. The first-order chi connectivity index (χ1) is 7.78. The number of rotatable bonds is 3. The minimum atomic E-state index is 0. The summed E-state index contributed by atoms with van der Waals surface area (Å²) in [5, 5.41) is 3.44. The maximum atomic E-state index is 3.44. The SMILES string of the molecule is CNC1CCCN(CC2CCCC(C)C2)C1.Cl. The van der Waals surface area contributed by atoms with E-state index in [1.54, 1.807) is 0 Å². The van der Waals surface area contributed by atoms with E-state index in [1.165, 1.54) is 58.2 Å². The van der Waals surface area contributed by atoms with Crippen molar-refractivity contribution in [2.45, 2.75) is 51.5 Å². The maximum Gasteiger partial charge on any atom is 0.0192 e. The van der Waals surface area contributed by atoms with E-state index in [0.29, 0.717) is 0 Å². The molecule has 3 heteroatoms. The summed E-state index contributed by atoms with van der Waals surface area (Å²) in [6.07, 6.45) is 8.64. The molecule has 102 valence electrons. The highest BCUT2D eigenvalue weighted by Gasteiger charge is 2.24. The molecule has 1 aliphatic heterocycles. The Hall–Kier alpha value is 0.210. The van der Waals surface area contributed by atoms with Crippen molar-refractivity contribution in [3.05, 3.63) is 0 Å². The molecule has 0 aromatic carbocycles. The van der Waals surface area contributed by atoms with Gasteiger partial charge in [-0.1, -0.05) is 19.8 Å². The van der Waals surface area contributed by atoms with Gasteiger partial charge in [-0.15, -0.1) is 12.4 Å². The Labute approximate surface area is 113 Å². The van der Waals surface area contributed by atoms with Gasteiger partial charge in [0.1, 0.15) is 0 Å². The fraction of sp³-hybridized carbons (Fsp3) is 1.00. The van der Waals surface area contributed by atoms with E-state index in [2.05, 4.69) is 24.2 Å². The maximum absolute atomic E-state index is 3.44. The fourth-order valence-corrected chi connectivity index (χ4v) is 3.55. The van der Waals surface area contributed by atoms with Gasteiger partial charge in [-0.05, 0) is 51.1 Å². The van der Waals surface area contributed by atoms with Crippen molar-refractivity contribution in [1.82, 2.24) is 10.2 Å². The Kier molecular flexibility index (Phi) is 6.83. The van der Waals surface area contributed by atoms with E-state index in [-0.39, 0.29) is 12.4 Å². The van der Waals surface area contributed by atoms with E-state index in [0.717, 1.165) is 17.9 Å². The second-order valence-corrected chi connectivity index (χ2v) is 6.03. The third-order valence-electron chi connectivity index (χ3n) is 4.48. The van der Waals surface area contributed by atoms with Crippen molar-refractivity contribution >= 4 is 12.4 Å². The lowest BCUT2D eigenvalue weighted by Crippen LogP contribution is -2.46. The van der Waals surface area contributed by atoms with Gasteiger partial charge in [0.15, 0.2) is 0 Å². The number of nitrogens with zero attached hydrogens (tertiary/aromatic N) is 1. The molecule has 2 aliphatic rings. The largest absolute Gasteiger partial charge is 0.316 e. The monoisotopic (exact) mass is 260 g/mol. The molecule has 1 N–H and O–H groups in total. The van der Waals surface area contributed by atoms with Crippen molar-refractivity contribution in [2.24, 2.45) is 11.8 Å². The number of piperidine rings is 1. The van der Waals surface area contributed by atoms with Crippen LogP contribution in [0.3, 0.4) is 0 Å². The molecule has 1 heterocycles. The number of likely N-dealkylation sites (N-methyl/N-ethyl adjacent to an activating group) is 1. The van der Waals surface area contributed by atoms with Crippen LogP contribution in [0, 0.1) is 11.8 Å². The van der Waals surface area contributed by atoms with Crippen molar-refractivity contribution < 1.29 is 0 Å². The van der Waals surface area contributed by atoms with Crippen LogP contribution in [0.1, 0.15) is 45.4 Å². The van der Waals surface area contributed by atoms with Crippen molar-refractivity contribution in [3.63, 3.8) is 0 Å². The summed E-state index contributed by atoms with van der Waals surface area (Å²) in [4.78, 5) is 2.70. The van der Waals surface area contributed by atoms with E-state index in [4.69, 9.17) is 0 Å². The minimum absolute atomic E-state index is 0. The zero-order valence-corrected chi connectivity index (χ0v) is 12.3. The highest BCUT2D eigenvalue weighted by Crippen LogP contribution is 2.29. The van der Waals surface area contributed by atoms with Crippen LogP contribution in [0.15, 0.2) is 0 Å². The lowest BCUT2D eigenvalue weighted by molar-refractivity contribution is 0.141. The van der Waals surface area contributed by atoms with E-state index in [1.807, 2.05) is 0 Å². The summed E-state index contributed by atoms with van der Waals surface area (Å²) >= 11 is 0. The standard InChI is InChI=1S/C14H28N2.ClH/c1-12-5-3-6-13(9-12)10-16-8-4-7-14(11-16)15-2;/h12-15H,3-11H2,1-2H3;1H. The predicted molar refractivity (Wildman–Crippen MR) is 76.9 cm³/mol. The van der Waals surface area contributed by atoms with Crippen LogP contribution < -0.4 is 5.32 Å². The van der Waals surface area contributed by atoms with Gasteiger partial charge in [0, 0.05) is 19.1 Å². The van der Waals surface area contributed by atoms with Crippen LogP contribution in [0.25, 0.3) is 0 Å². The molecule has 0 aromatic heterocycles. The third kappa shape index (κ3) is 4.76. The molecule has 2 rings (SSSR count). The lowest BCUT2D eigenvalue weighted by Gasteiger charge is -2.37. The molecule has 3 atom stereocenters. The number of hydrogen-bond donors (Lipinski definition) is 1. The average Bonchev–Trinajstić information content (AvgIpc) is 2.29. The number of likely N-dealkylation sites (tertiary alicyclic amines) is 1. The predicted octanol–water partition coefficient (Wildman–Crippen LogP) is 2.92. The van der Waals surface area contributed by atoms with Gasteiger partial charge in [-0.2, -0.15) is 0 Å². The van der Waals surface area contributed by atoms with Crippen LogP contribution in [0.4, 0.5) is 0 Å². The van der Waals surface area contributed by atoms with E-state index >= 15 is 0 Å². The highest BCUT2D eigenvalue weighted by atomic mass is 35.5. The molecule has 0 radical (unpaired) electrons. The Bertz CT molecular complexity index is 210. The summed E-state index contributed by atoms with van der Waals surface area (Å²) in [6.45, 7) is 6.41. The molecular formula is C14H29ClN2. The smallest absolute Gasteiger partial charge is 0.0192 e. The quantitative estimate of drug-likeness (QED) is 0.840. The lowest BCUT2D eigenvalue weighted by atomic mass is 9.82. The number of halogens is 1. The van der Waals surface area contributed by atoms with E-state index < -0.39 is 0 Å². The van der Waals surface area contributed by atoms with Gasteiger partial charge in [0.2, 0.25) is 0 Å². The average molecular weight is 261 g/mol. The molecule has 0 bridgehead atoms. The van der Waals surface area contributed by atoms with Crippen LogP contribution in [0.5, 0.6) is 0 Å². The summed E-state index contributed by atoms with van der Waals surface area (Å²) in [5.74, 6) is 1.96. The summed E-state index contributed by atoms with van der Waals surface area (Å²) < 4.78 is 0.